The van der Waals surface area contributed by atoms with Crippen LogP contribution in [-0.4, -0.2) is 0 Å². The van der Waals surface area contributed by atoms with Crippen molar-refractivity contribution >= 4 is 0 Å². The molecule has 26 heavy (non-hydrogen) atoms. The van der Waals surface area contributed by atoms with Crippen molar-refractivity contribution in [2.45, 2.75) is 26.1 Å². The molecule has 3 aromatic rings. The summed E-state index contributed by atoms with van der Waals surface area (Å²) in [6.07, 6.45) is 1.19. The maximum atomic E-state index is 8.81. The molecule has 0 spiro atoms. The van der Waals surface area contributed by atoms with Crippen LogP contribution in [-0.2, 0) is 19.6 Å². The van der Waals surface area contributed by atoms with Gasteiger partial charge in [0, 0.05) is 6.42 Å². The van der Waals surface area contributed by atoms with Gasteiger partial charge in [0.25, 0.3) is 0 Å². The molecule has 130 valence electrons. The highest BCUT2D eigenvalue weighted by molar-refractivity contribution is 5.43. The molecule has 0 saturated carbocycles. The van der Waals surface area contributed by atoms with E-state index in [-0.39, 0.29) is 0 Å². The van der Waals surface area contributed by atoms with E-state index in [0.717, 1.165) is 16.7 Å². The van der Waals surface area contributed by atoms with Crippen molar-refractivity contribution in [1.29, 1.82) is 5.26 Å². The minimum absolute atomic E-state index is 0.476. The molecule has 3 rings (SSSR count). The molecule has 0 fully saturated rings. The van der Waals surface area contributed by atoms with Crippen LogP contribution in [0.25, 0.3) is 0 Å². The first-order chi connectivity index (χ1) is 12.8. The quantitative estimate of drug-likeness (QED) is 0.557. The van der Waals surface area contributed by atoms with Gasteiger partial charge in [0.15, 0.2) is 11.5 Å². The summed E-state index contributed by atoms with van der Waals surface area (Å²) in [5, 5.41) is 8.81. The fourth-order valence-corrected chi connectivity index (χ4v) is 2.61. The van der Waals surface area contributed by atoms with E-state index < -0.39 is 0 Å². The number of nitriles is 1. The smallest absolute Gasteiger partial charge is 0.161 e. The normalized spacial score (nSPS) is 10.1. The summed E-state index contributed by atoms with van der Waals surface area (Å²) in [5.74, 6) is 1.42. The highest BCUT2D eigenvalue weighted by atomic mass is 16.5. The lowest BCUT2D eigenvalue weighted by Crippen LogP contribution is -2.01. The zero-order valence-corrected chi connectivity index (χ0v) is 14.6. The summed E-state index contributed by atoms with van der Waals surface area (Å²) < 4.78 is 12.0. The largest absolute Gasteiger partial charge is 0.485 e. The molecule has 0 atom stereocenters. The lowest BCUT2D eigenvalue weighted by Gasteiger charge is -2.14. The van der Waals surface area contributed by atoms with Crippen LogP contribution in [0.15, 0.2) is 78.9 Å². The van der Waals surface area contributed by atoms with Crippen LogP contribution in [0.1, 0.15) is 23.1 Å². The van der Waals surface area contributed by atoms with Crippen LogP contribution in [0.2, 0.25) is 0 Å². The van der Waals surface area contributed by atoms with Gasteiger partial charge >= 0.3 is 0 Å². The monoisotopic (exact) mass is 343 g/mol. The molecule has 0 aromatic heterocycles. The van der Waals surface area contributed by atoms with E-state index in [1.54, 1.807) is 0 Å². The lowest BCUT2D eigenvalue weighted by atomic mass is 10.1. The van der Waals surface area contributed by atoms with Crippen molar-refractivity contribution in [2.75, 3.05) is 0 Å². The van der Waals surface area contributed by atoms with Gasteiger partial charge in [-0.2, -0.15) is 5.26 Å². The summed E-state index contributed by atoms with van der Waals surface area (Å²) in [4.78, 5) is 0. The predicted octanol–water partition coefficient (Wildman–Crippen LogP) is 5.30. The summed E-state index contributed by atoms with van der Waals surface area (Å²) in [6.45, 7) is 0.963. The lowest BCUT2D eigenvalue weighted by molar-refractivity contribution is 0.255. The first kappa shape index (κ1) is 17.6. The maximum Gasteiger partial charge on any atom is 0.161 e. The second-order valence-corrected chi connectivity index (χ2v) is 5.99. The summed E-state index contributed by atoms with van der Waals surface area (Å²) in [7, 11) is 0. The molecule has 0 aliphatic carbocycles. The zero-order valence-electron chi connectivity index (χ0n) is 14.6. The topological polar surface area (TPSA) is 42.2 Å². The highest BCUT2D eigenvalue weighted by Gasteiger charge is 2.08. The Morgan fingerprint density at radius 2 is 1.23 bits per heavy atom. The molecule has 3 heteroatoms. The molecular formula is C23H21NO2. The van der Waals surface area contributed by atoms with Crippen molar-refractivity contribution in [3.8, 4) is 17.6 Å². The second-order valence-electron chi connectivity index (χ2n) is 5.99. The fourth-order valence-electron chi connectivity index (χ4n) is 2.61. The molecule has 0 unspecified atom stereocenters. The average molecular weight is 343 g/mol. The molecule has 0 aliphatic rings. The van der Waals surface area contributed by atoms with Crippen molar-refractivity contribution in [3.63, 3.8) is 0 Å². The Balaban J connectivity index is 1.74. The average Bonchev–Trinajstić information content (AvgIpc) is 2.71. The second kappa shape index (κ2) is 9.29. The van der Waals surface area contributed by atoms with Crippen molar-refractivity contribution in [3.05, 3.63) is 95.6 Å². The Hall–Kier alpha value is -3.25. The first-order valence-electron chi connectivity index (χ1n) is 8.68. The van der Waals surface area contributed by atoms with Gasteiger partial charge in [-0.05, 0) is 35.2 Å². The van der Waals surface area contributed by atoms with E-state index in [4.69, 9.17) is 14.7 Å². The molecule has 3 nitrogen and oxygen atoms in total. The van der Waals surface area contributed by atoms with Crippen LogP contribution in [0.5, 0.6) is 11.5 Å². The number of hydrogen-bond donors (Lipinski definition) is 0. The van der Waals surface area contributed by atoms with E-state index in [0.29, 0.717) is 37.6 Å². The molecule has 0 N–H and O–H groups in total. The number of hydrogen-bond acceptors (Lipinski definition) is 3. The maximum absolute atomic E-state index is 8.81. The number of benzene rings is 3. The van der Waals surface area contributed by atoms with Gasteiger partial charge in [0.2, 0.25) is 0 Å². The standard InChI is InChI=1S/C23H21NO2/c24-15-7-12-19-13-14-22(25-17-20-8-3-1-4-9-20)23(16-19)26-18-21-10-5-2-6-11-21/h1-6,8-11,13-14,16H,7,12,17-18H2. The third kappa shape index (κ3) is 5.12. The highest BCUT2D eigenvalue weighted by Crippen LogP contribution is 2.30. The summed E-state index contributed by atoms with van der Waals surface area (Å²) in [5.41, 5.74) is 3.28. The Bertz CT molecular complexity index is 854. The Labute approximate surface area is 154 Å². The van der Waals surface area contributed by atoms with Gasteiger partial charge in [-0.15, -0.1) is 0 Å². The molecule has 0 saturated heterocycles. The van der Waals surface area contributed by atoms with Crippen LogP contribution >= 0.6 is 0 Å². The third-order valence-corrected chi connectivity index (χ3v) is 4.01. The first-order valence-corrected chi connectivity index (χ1v) is 8.68. The SMILES string of the molecule is N#CCCc1ccc(OCc2ccccc2)c(OCc2ccccc2)c1. The third-order valence-electron chi connectivity index (χ3n) is 4.01. The number of ether oxygens (including phenoxy) is 2. The Morgan fingerprint density at radius 3 is 1.81 bits per heavy atom. The van der Waals surface area contributed by atoms with Crippen LogP contribution in [0.4, 0.5) is 0 Å². The van der Waals surface area contributed by atoms with Crippen LogP contribution < -0.4 is 9.47 Å². The molecule has 3 aromatic carbocycles. The number of rotatable bonds is 8. The van der Waals surface area contributed by atoms with Gasteiger partial charge in [0.05, 0.1) is 6.07 Å². The van der Waals surface area contributed by atoms with Gasteiger partial charge in [-0.25, -0.2) is 0 Å². The Morgan fingerprint density at radius 1 is 0.654 bits per heavy atom. The predicted molar refractivity (Wildman–Crippen MR) is 102 cm³/mol. The zero-order chi connectivity index (χ0) is 18.0. The van der Waals surface area contributed by atoms with Crippen LogP contribution in [0, 0.1) is 11.3 Å². The van der Waals surface area contributed by atoms with E-state index in [1.807, 2.05) is 78.9 Å². The van der Waals surface area contributed by atoms with Crippen molar-refractivity contribution in [1.82, 2.24) is 0 Å². The molecule has 0 heterocycles. The molecule has 0 bridgehead atoms. The molecule has 0 radical (unpaired) electrons. The van der Waals surface area contributed by atoms with Crippen molar-refractivity contribution < 1.29 is 9.47 Å². The summed E-state index contributed by atoms with van der Waals surface area (Å²) in [6, 6.07) is 28.2. The van der Waals surface area contributed by atoms with E-state index >= 15 is 0 Å². The van der Waals surface area contributed by atoms with Crippen molar-refractivity contribution in [2.24, 2.45) is 0 Å². The van der Waals surface area contributed by atoms with E-state index in [2.05, 4.69) is 6.07 Å². The van der Waals surface area contributed by atoms with Gasteiger partial charge in [-0.1, -0.05) is 66.7 Å². The van der Waals surface area contributed by atoms with E-state index in [1.165, 1.54) is 0 Å². The molecule has 0 aliphatic heterocycles. The number of aryl methyl sites for hydroxylation is 1. The Kier molecular flexibility index (Phi) is 6.28. The van der Waals surface area contributed by atoms with E-state index in [9.17, 15) is 0 Å². The minimum atomic E-state index is 0.476. The van der Waals surface area contributed by atoms with Gasteiger partial charge in [0.1, 0.15) is 13.2 Å². The van der Waals surface area contributed by atoms with Crippen LogP contribution in [0.3, 0.4) is 0 Å². The number of nitrogens with zero attached hydrogens (tertiary/aromatic N) is 1. The van der Waals surface area contributed by atoms with Gasteiger partial charge < -0.3 is 9.47 Å². The molecular weight excluding hydrogens is 322 g/mol. The molecule has 0 amide bonds. The van der Waals surface area contributed by atoms with Gasteiger partial charge in [-0.3, -0.25) is 0 Å². The fraction of sp³-hybridized carbons (Fsp3) is 0.174. The summed E-state index contributed by atoms with van der Waals surface area (Å²) >= 11 is 0. The minimum Gasteiger partial charge on any atom is -0.485 e.